The minimum Gasteiger partial charge on any atom is -0.481 e. The molecular formula is C23H19N3O2. The Morgan fingerprint density at radius 2 is 1.93 bits per heavy atom. The molecule has 0 spiro atoms. The smallest absolute Gasteiger partial charge is 0.257 e. The van der Waals surface area contributed by atoms with E-state index in [-0.39, 0.29) is 5.91 Å². The maximum atomic E-state index is 12.9. The molecule has 1 aromatic heterocycles. The highest BCUT2D eigenvalue weighted by atomic mass is 16.5. The van der Waals surface area contributed by atoms with E-state index in [2.05, 4.69) is 27.4 Å². The van der Waals surface area contributed by atoms with Crippen molar-refractivity contribution in [2.75, 3.05) is 11.9 Å². The van der Waals surface area contributed by atoms with Crippen molar-refractivity contribution in [1.82, 2.24) is 10.2 Å². The molecule has 0 saturated carbocycles. The number of ether oxygens (including phenoxy) is 1. The molecule has 2 N–H and O–H groups in total. The molecule has 1 amide bonds. The third-order valence-electron chi connectivity index (χ3n) is 4.41. The summed E-state index contributed by atoms with van der Waals surface area (Å²) < 4.78 is 5.66. The van der Waals surface area contributed by atoms with Crippen LogP contribution in [0.15, 0.2) is 60.7 Å². The van der Waals surface area contributed by atoms with Crippen molar-refractivity contribution in [2.45, 2.75) is 13.3 Å². The van der Waals surface area contributed by atoms with Crippen molar-refractivity contribution in [3.63, 3.8) is 0 Å². The van der Waals surface area contributed by atoms with Crippen molar-refractivity contribution in [3.8, 4) is 17.6 Å². The van der Waals surface area contributed by atoms with Crippen LogP contribution in [0.3, 0.4) is 0 Å². The first-order chi connectivity index (χ1) is 13.8. The van der Waals surface area contributed by atoms with Crippen molar-refractivity contribution in [1.29, 1.82) is 0 Å². The second-order valence-electron chi connectivity index (χ2n) is 6.26. The highest BCUT2D eigenvalue weighted by Gasteiger charge is 2.14. The molecule has 0 fully saturated rings. The molecule has 0 atom stereocenters. The molecule has 4 aromatic rings. The van der Waals surface area contributed by atoms with Gasteiger partial charge in [-0.3, -0.25) is 9.89 Å². The molecule has 0 unspecified atom stereocenters. The van der Waals surface area contributed by atoms with E-state index in [1.165, 1.54) is 0 Å². The van der Waals surface area contributed by atoms with E-state index in [0.29, 0.717) is 23.7 Å². The molecule has 0 aliphatic heterocycles. The van der Waals surface area contributed by atoms with Gasteiger partial charge in [0.2, 0.25) is 0 Å². The normalized spacial score (nSPS) is 10.5. The highest BCUT2D eigenvalue weighted by Crippen LogP contribution is 2.26. The molecule has 5 heteroatoms. The van der Waals surface area contributed by atoms with Crippen LogP contribution in [0.4, 0.5) is 5.82 Å². The summed E-state index contributed by atoms with van der Waals surface area (Å²) in [4.78, 5) is 12.9. The van der Waals surface area contributed by atoms with Crippen LogP contribution in [-0.2, 0) is 0 Å². The van der Waals surface area contributed by atoms with Crippen LogP contribution in [0.1, 0.15) is 23.7 Å². The molecule has 4 rings (SSSR count). The average Bonchev–Trinajstić information content (AvgIpc) is 3.13. The first kappa shape index (κ1) is 17.6. The monoisotopic (exact) mass is 369 g/mol. The zero-order valence-electron chi connectivity index (χ0n) is 15.5. The summed E-state index contributed by atoms with van der Waals surface area (Å²) in [6.07, 6.45) is 0.800. The van der Waals surface area contributed by atoms with Gasteiger partial charge < -0.3 is 10.1 Å². The van der Waals surface area contributed by atoms with Gasteiger partial charge in [0.25, 0.3) is 5.91 Å². The molecule has 0 saturated heterocycles. The van der Waals surface area contributed by atoms with E-state index in [1.54, 1.807) is 0 Å². The largest absolute Gasteiger partial charge is 0.481 e. The van der Waals surface area contributed by atoms with Gasteiger partial charge in [-0.25, -0.2) is 0 Å². The number of rotatable bonds is 4. The second-order valence-corrected chi connectivity index (χ2v) is 6.26. The topological polar surface area (TPSA) is 67.0 Å². The first-order valence-electron chi connectivity index (χ1n) is 9.12. The summed E-state index contributed by atoms with van der Waals surface area (Å²) in [6.45, 7) is 2.32. The number of aromatic amines is 1. The van der Waals surface area contributed by atoms with Crippen LogP contribution >= 0.6 is 0 Å². The number of carbonyl (C=O) groups excluding carboxylic acids is 1. The minimum atomic E-state index is -0.203. The van der Waals surface area contributed by atoms with Crippen LogP contribution in [0.25, 0.3) is 21.7 Å². The lowest BCUT2D eigenvalue weighted by molar-refractivity contribution is 0.102. The number of benzene rings is 3. The molecular weight excluding hydrogens is 350 g/mol. The van der Waals surface area contributed by atoms with Gasteiger partial charge in [0.05, 0.1) is 5.52 Å². The number of carbonyl (C=O) groups is 1. The number of hydrogen-bond donors (Lipinski definition) is 2. The first-order valence-corrected chi connectivity index (χ1v) is 9.12. The quantitative estimate of drug-likeness (QED) is 0.510. The summed E-state index contributed by atoms with van der Waals surface area (Å²) in [5.74, 6) is 6.86. The summed E-state index contributed by atoms with van der Waals surface area (Å²) >= 11 is 0. The van der Waals surface area contributed by atoms with Crippen LogP contribution in [-0.4, -0.2) is 22.7 Å². The molecule has 1 heterocycles. The van der Waals surface area contributed by atoms with Gasteiger partial charge in [0, 0.05) is 17.4 Å². The number of H-pyrrole nitrogens is 1. The zero-order chi connectivity index (χ0) is 19.3. The van der Waals surface area contributed by atoms with E-state index in [0.717, 1.165) is 28.1 Å². The third kappa shape index (κ3) is 3.53. The van der Waals surface area contributed by atoms with Gasteiger partial charge >= 0.3 is 0 Å². The van der Waals surface area contributed by atoms with E-state index >= 15 is 0 Å². The van der Waals surface area contributed by atoms with Gasteiger partial charge in [0.15, 0.2) is 5.82 Å². The Morgan fingerprint density at radius 1 is 1.07 bits per heavy atom. The number of anilines is 1. The Bertz CT molecular complexity index is 1210. The number of nitrogens with zero attached hydrogens (tertiary/aromatic N) is 1. The fourth-order valence-electron chi connectivity index (χ4n) is 3.07. The van der Waals surface area contributed by atoms with Gasteiger partial charge in [-0.2, -0.15) is 5.10 Å². The van der Waals surface area contributed by atoms with Gasteiger partial charge in [-0.1, -0.05) is 49.2 Å². The second kappa shape index (κ2) is 7.85. The molecule has 28 heavy (non-hydrogen) atoms. The Balaban J connectivity index is 1.61. The van der Waals surface area contributed by atoms with E-state index in [1.807, 2.05) is 67.6 Å². The summed E-state index contributed by atoms with van der Waals surface area (Å²) in [5, 5.41) is 12.8. The molecule has 0 bridgehead atoms. The number of nitrogens with one attached hydrogen (secondary N) is 2. The number of aromatic nitrogens is 2. The molecule has 0 radical (unpaired) electrons. The summed E-state index contributed by atoms with van der Waals surface area (Å²) in [7, 11) is 0. The molecule has 5 nitrogen and oxygen atoms in total. The Morgan fingerprint density at radius 3 is 2.82 bits per heavy atom. The lowest BCUT2D eigenvalue weighted by Crippen LogP contribution is -2.12. The molecule has 0 aliphatic rings. The van der Waals surface area contributed by atoms with E-state index in [4.69, 9.17) is 4.74 Å². The maximum Gasteiger partial charge on any atom is 0.257 e. The molecule has 138 valence electrons. The minimum absolute atomic E-state index is 0.203. The molecule has 0 aliphatic carbocycles. The standard InChI is InChI=1S/C23H19N3O2/c1-2-3-6-14-28-17-12-13-21-20(15-17)22(26-25-21)24-23(27)19-11-7-9-16-8-4-5-10-18(16)19/h4-5,7-13,15H,2,14H2,1H3,(H2,24,25,26,27). The van der Waals surface area contributed by atoms with Crippen LogP contribution in [0, 0.1) is 11.8 Å². The SMILES string of the molecule is CCC#CCOc1ccc2[nH]nc(NC(=O)c3cccc4ccccc34)c2c1. The predicted octanol–water partition coefficient (Wildman–Crippen LogP) is 4.76. The predicted molar refractivity (Wildman–Crippen MR) is 112 cm³/mol. The van der Waals surface area contributed by atoms with E-state index < -0.39 is 0 Å². The van der Waals surface area contributed by atoms with Crippen LogP contribution in [0.2, 0.25) is 0 Å². The fraction of sp³-hybridized carbons (Fsp3) is 0.130. The van der Waals surface area contributed by atoms with Crippen molar-refractivity contribution in [3.05, 3.63) is 66.2 Å². The fourth-order valence-corrected chi connectivity index (χ4v) is 3.07. The summed E-state index contributed by atoms with van der Waals surface area (Å²) in [6, 6.07) is 19.1. The highest BCUT2D eigenvalue weighted by molar-refractivity contribution is 6.14. The Hall–Kier alpha value is -3.78. The lowest BCUT2D eigenvalue weighted by Gasteiger charge is -2.07. The van der Waals surface area contributed by atoms with Crippen LogP contribution < -0.4 is 10.1 Å². The molecule has 3 aromatic carbocycles. The van der Waals surface area contributed by atoms with Gasteiger partial charge in [-0.15, -0.1) is 5.92 Å². The average molecular weight is 369 g/mol. The van der Waals surface area contributed by atoms with Crippen LogP contribution in [0.5, 0.6) is 5.75 Å². The summed E-state index contributed by atoms with van der Waals surface area (Å²) in [5.41, 5.74) is 1.43. The van der Waals surface area contributed by atoms with E-state index in [9.17, 15) is 4.79 Å². The van der Waals surface area contributed by atoms with Crippen molar-refractivity contribution < 1.29 is 9.53 Å². The number of amides is 1. The van der Waals surface area contributed by atoms with Crippen molar-refractivity contribution in [2.24, 2.45) is 0 Å². The van der Waals surface area contributed by atoms with Gasteiger partial charge in [0.1, 0.15) is 12.4 Å². The number of hydrogen-bond acceptors (Lipinski definition) is 3. The third-order valence-corrected chi connectivity index (χ3v) is 4.41. The van der Waals surface area contributed by atoms with Crippen molar-refractivity contribution >= 4 is 33.4 Å². The lowest BCUT2D eigenvalue weighted by atomic mass is 10.0. The zero-order valence-corrected chi connectivity index (χ0v) is 15.5. The number of fused-ring (bicyclic) bond motifs is 2. The maximum absolute atomic E-state index is 12.9. The Labute approximate surface area is 162 Å². The van der Waals surface area contributed by atoms with Gasteiger partial charge in [-0.05, 0) is 35.0 Å². The Kier molecular flexibility index (Phi) is 4.94.